The van der Waals surface area contributed by atoms with Gasteiger partial charge in [-0.05, 0) is 70.8 Å². The Labute approximate surface area is 510 Å². The van der Waals surface area contributed by atoms with E-state index in [1.54, 1.807) is 0 Å². The van der Waals surface area contributed by atoms with Gasteiger partial charge in [0.15, 0.2) is 0 Å². The average molecular weight is 1090 g/mol. The second-order valence-electron chi connectivity index (χ2n) is 14.4. The van der Waals surface area contributed by atoms with Crippen LogP contribution in [-0.2, 0) is 20.2 Å². The largest absolute Gasteiger partial charge is 1.00 e. The Bertz CT molecular complexity index is 3050. The third-order valence-electron chi connectivity index (χ3n) is 9.57. The van der Waals surface area contributed by atoms with E-state index < -0.39 is 42.0 Å². The Balaban J connectivity index is 0.00000469. The molecule has 0 radical (unpaired) electrons. The van der Waals surface area contributed by atoms with Crippen molar-refractivity contribution in [2.24, 2.45) is 9.98 Å². The van der Waals surface area contributed by atoms with Crippen LogP contribution < -0.4 is 160 Å². The molecule has 0 atom stereocenters. The number of carboxylic acid groups (broad SMARTS) is 2. The number of hydrogen-bond acceptors (Lipinski definition) is 24. The molecule has 368 valence electrons. The number of aromatic carboxylic acids is 2. The van der Waals surface area contributed by atoms with E-state index in [1.807, 2.05) is 0 Å². The molecule has 8 N–H and O–H groups in total. The minimum absolute atomic E-state index is 0. The number of aromatic amines is 2. The van der Waals surface area contributed by atoms with Gasteiger partial charge in [0.2, 0.25) is 35.0 Å². The summed E-state index contributed by atoms with van der Waals surface area (Å²) >= 11 is 0. The summed E-state index contributed by atoms with van der Waals surface area (Å²) in [6, 6.07) is 17.5. The van der Waals surface area contributed by atoms with Gasteiger partial charge in [0.25, 0.3) is 0 Å². The van der Waals surface area contributed by atoms with Gasteiger partial charge in [-0.15, -0.1) is 0 Å². The summed E-state index contributed by atoms with van der Waals surface area (Å²) in [4.78, 5) is 55.3. The van der Waals surface area contributed by atoms with Crippen molar-refractivity contribution in [2.75, 3.05) is 73.0 Å². The van der Waals surface area contributed by atoms with E-state index in [0.717, 1.165) is 24.3 Å². The number of nitrogens with one attached hydrogen (secondary N) is 4. The minimum Gasteiger partial charge on any atom is -0.744 e. The van der Waals surface area contributed by atoms with E-state index in [4.69, 9.17) is 0 Å². The molecule has 0 aliphatic carbocycles. The number of carbonyl (C=O) groups is 2. The van der Waals surface area contributed by atoms with E-state index in [2.05, 4.69) is 50.5 Å². The summed E-state index contributed by atoms with van der Waals surface area (Å²) in [5.74, 6) is -2.96. The van der Waals surface area contributed by atoms with Crippen LogP contribution in [0.5, 0.6) is 0 Å². The molecule has 0 aliphatic rings. The van der Waals surface area contributed by atoms with Crippen molar-refractivity contribution < 1.29 is 184 Å². The fraction of sp³-hybridized carbons (Fsp3) is 0.190. The number of carbonyl (C=O) groups excluding carboxylic acids is 2. The molecular formula is C42H40N12Na4O14S2. The standard InChI is InChI=1S/C42H44N12O14S2.4Na/c55-19-15-53(16-20-56)41-49-37(43-29-9-5-27(6-10-29)35(59)60)47-39(51-41)45-31-13-3-25(33(23-31)69(63,64)65)1-2-26-4-14-32(24-34(26)70(66,67)68)46-40-48-38(44-30-11-7-28(8-12-30)36(61)62)50-42(52-40)54(17-21-57)18-22-58;;;;/h1-14,23-24,55-58H,15-22H2,(H,59,60)(H,61,62)(H,63,64,65)(H,66,67,68)(H2,43,45,47,49,51)(H2,44,46,48,50,52);;;;/q;4*+1/p-4. The van der Waals surface area contributed by atoms with Gasteiger partial charge < -0.3 is 69.8 Å². The van der Waals surface area contributed by atoms with Crippen LogP contribution in [0, 0.1) is 0 Å². The predicted octanol–water partition coefficient (Wildman–Crippen LogP) is -13.8. The smallest absolute Gasteiger partial charge is 0.744 e. The topological polar surface area (TPSA) is 414 Å². The van der Waals surface area contributed by atoms with E-state index in [-0.39, 0.29) is 239 Å². The van der Waals surface area contributed by atoms with Gasteiger partial charge in [-0.3, -0.25) is 9.97 Å². The summed E-state index contributed by atoms with van der Waals surface area (Å²) in [6.45, 7) is -1.45. The SMILES string of the molecule is O=C([O-])c1ccc(Nc2nc(N(CCO)CCO)[nH]c(=Nc3ccc(C=Cc4ccc(N=c5nc(Nc6ccc(C(=O)[O-])cc6)nc(N(CCO)CCO)[nH]5)cc4S(=O)(=O)[O-])c(S(=O)(=O)[O-])c3)n2)cc1.[Na+].[Na+].[Na+].[Na+]. The molecule has 32 heteroatoms. The number of aliphatic hydroxyl groups is 4. The molecule has 6 rings (SSSR count). The molecule has 0 unspecified atom stereocenters. The van der Waals surface area contributed by atoms with E-state index >= 15 is 0 Å². The van der Waals surface area contributed by atoms with Crippen LogP contribution in [0.15, 0.2) is 105 Å². The molecule has 74 heavy (non-hydrogen) atoms. The minimum atomic E-state index is -5.27. The zero-order valence-corrected chi connectivity index (χ0v) is 49.8. The summed E-state index contributed by atoms with van der Waals surface area (Å²) in [7, 11) is -10.5. The molecule has 0 spiro atoms. The number of aliphatic hydroxyl groups excluding tert-OH is 4. The molecule has 0 aliphatic heterocycles. The third-order valence-corrected chi connectivity index (χ3v) is 11.4. The number of benzene rings is 4. The molecule has 0 saturated carbocycles. The average Bonchev–Trinajstić information content (AvgIpc) is 3.31. The number of nitrogens with zero attached hydrogens (tertiary/aromatic N) is 8. The summed E-state index contributed by atoms with van der Waals surface area (Å²) in [6.07, 6.45) is 2.16. The number of anilines is 6. The molecule has 26 nitrogen and oxygen atoms in total. The van der Waals surface area contributed by atoms with E-state index in [9.17, 15) is 66.2 Å². The van der Waals surface area contributed by atoms with Gasteiger partial charge >= 0.3 is 118 Å². The van der Waals surface area contributed by atoms with Crippen LogP contribution in [0.3, 0.4) is 0 Å². The van der Waals surface area contributed by atoms with Crippen molar-refractivity contribution in [3.05, 3.63) is 118 Å². The van der Waals surface area contributed by atoms with Gasteiger partial charge in [0.05, 0.1) is 59.5 Å². The molecule has 2 heterocycles. The molecular weight excluding hydrogens is 1050 g/mol. The maximum absolute atomic E-state index is 12.6. The van der Waals surface area contributed by atoms with Crippen molar-refractivity contribution in [2.45, 2.75) is 9.79 Å². The van der Waals surface area contributed by atoms with Gasteiger partial charge in [-0.1, -0.05) is 48.6 Å². The normalized spacial score (nSPS) is 11.6. The summed E-state index contributed by atoms with van der Waals surface area (Å²) < 4.78 is 75.8. The number of carboxylic acids is 2. The second-order valence-corrected chi connectivity index (χ2v) is 17.1. The molecule has 0 fully saturated rings. The molecule has 6 aromatic rings. The molecule has 0 amide bonds. The van der Waals surface area contributed by atoms with Crippen molar-refractivity contribution in [3.8, 4) is 0 Å². The van der Waals surface area contributed by atoms with Crippen LogP contribution in [0.2, 0.25) is 0 Å². The van der Waals surface area contributed by atoms with Gasteiger partial charge in [0, 0.05) is 37.6 Å². The molecule has 0 saturated heterocycles. The quantitative estimate of drug-likeness (QED) is 0.0178. The molecule has 0 bridgehead atoms. The van der Waals surface area contributed by atoms with Crippen molar-refractivity contribution in [1.82, 2.24) is 29.9 Å². The summed E-state index contributed by atoms with van der Waals surface area (Å²) in [5.41, 5.74) is -0.702. The first kappa shape index (κ1) is 66.2. The van der Waals surface area contributed by atoms with Crippen LogP contribution >= 0.6 is 0 Å². The van der Waals surface area contributed by atoms with Gasteiger partial charge in [-0.2, -0.15) is 19.9 Å². The fourth-order valence-electron chi connectivity index (χ4n) is 6.37. The van der Waals surface area contributed by atoms with Gasteiger partial charge in [-0.25, -0.2) is 26.8 Å². The van der Waals surface area contributed by atoms with Crippen LogP contribution in [0.4, 0.5) is 46.5 Å². The maximum Gasteiger partial charge on any atom is 1.00 e. The first-order chi connectivity index (χ1) is 33.4. The van der Waals surface area contributed by atoms with Crippen molar-refractivity contribution >= 4 is 90.9 Å². The molecule has 4 aromatic carbocycles. The number of H-pyrrole nitrogens is 2. The zero-order valence-electron chi connectivity index (χ0n) is 40.2. The van der Waals surface area contributed by atoms with Crippen LogP contribution in [0.25, 0.3) is 12.2 Å². The number of hydrogen-bond donors (Lipinski definition) is 8. The van der Waals surface area contributed by atoms with Gasteiger partial charge in [0.1, 0.15) is 20.2 Å². The Kier molecular flexibility index (Phi) is 27.4. The van der Waals surface area contributed by atoms with Crippen molar-refractivity contribution in [1.29, 1.82) is 0 Å². The van der Waals surface area contributed by atoms with E-state index in [1.165, 1.54) is 82.6 Å². The Morgan fingerprint density at radius 2 is 0.865 bits per heavy atom. The number of rotatable bonds is 22. The zero-order chi connectivity index (χ0) is 50.6. The van der Waals surface area contributed by atoms with E-state index in [0.29, 0.717) is 11.4 Å². The Morgan fingerprint density at radius 3 is 1.15 bits per heavy atom. The first-order valence-electron chi connectivity index (χ1n) is 20.4. The number of aromatic nitrogens is 6. The maximum atomic E-state index is 12.6. The van der Waals surface area contributed by atoms with Crippen molar-refractivity contribution in [3.63, 3.8) is 0 Å². The third kappa shape index (κ3) is 18.9. The monoisotopic (exact) mass is 1090 g/mol. The first-order valence-corrected chi connectivity index (χ1v) is 23.2. The summed E-state index contributed by atoms with van der Waals surface area (Å²) in [5, 5.41) is 66.8. The predicted molar refractivity (Wildman–Crippen MR) is 242 cm³/mol. The Hall–Kier alpha value is -3.96. The van der Waals surface area contributed by atoms with Crippen LogP contribution in [-0.4, -0.2) is 141 Å². The second kappa shape index (κ2) is 30.7. The fourth-order valence-corrected chi connectivity index (χ4v) is 7.75. The Morgan fingerprint density at radius 1 is 0.541 bits per heavy atom. The molecule has 2 aromatic heterocycles. The van der Waals surface area contributed by atoms with Crippen LogP contribution in [0.1, 0.15) is 31.8 Å².